The molecule has 5 heterocycles. The van der Waals surface area contributed by atoms with Crippen LogP contribution in [0.2, 0.25) is 0 Å². The van der Waals surface area contributed by atoms with E-state index in [0.717, 1.165) is 62.2 Å². The summed E-state index contributed by atoms with van der Waals surface area (Å²) in [6.07, 6.45) is -5.11. The number of alkyl halides is 6. The zero-order chi connectivity index (χ0) is 28.2. The Morgan fingerprint density at radius 2 is 1.92 bits per heavy atom. The molecule has 3 aliphatic heterocycles. The van der Waals surface area contributed by atoms with Crippen molar-refractivity contribution < 1.29 is 45.7 Å². The number of piperidine rings is 1. The smallest absolute Gasteiger partial charge is 0.475 e. The Labute approximate surface area is 218 Å². The van der Waals surface area contributed by atoms with Crippen LogP contribution < -0.4 is 20.3 Å². The number of aliphatic carboxylic acids is 1. The van der Waals surface area contributed by atoms with Crippen molar-refractivity contribution in [3.05, 3.63) is 29.3 Å². The Hall–Kier alpha value is -3.47. The number of ether oxygens (including phenoxy) is 2. The third-order valence-electron chi connectivity index (χ3n) is 6.10. The minimum atomic E-state index is -5.08. The number of fused-ring (bicyclic) bond motifs is 1. The van der Waals surface area contributed by atoms with E-state index in [4.69, 9.17) is 19.4 Å². The molecule has 11 nitrogen and oxygen atoms in total. The number of rotatable bonds is 5. The highest BCUT2D eigenvalue weighted by Crippen LogP contribution is 2.36. The first-order valence-electron chi connectivity index (χ1n) is 12.0. The van der Waals surface area contributed by atoms with Crippen LogP contribution in [0.5, 0.6) is 5.88 Å². The van der Waals surface area contributed by atoms with Crippen molar-refractivity contribution in [1.29, 1.82) is 0 Å². The molecular weight excluding hydrogens is 540 g/mol. The van der Waals surface area contributed by atoms with Gasteiger partial charge in [0.15, 0.2) is 0 Å². The molecule has 0 amide bonds. The SMILES string of the molecule is FC(F)(F)c1cnc(N[C@@H]2CCCN(c3ncnc4c3CCNC4)C2)nc1OC1COC1.O=C(O)C(F)(F)F. The van der Waals surface area contributed by atoms with Gasteiger partial charge in [0.1, 0.15) is 23.8 Å². The van der Waals surface area contributed by atoms with Crippen molar-refractivity contribution in [2.24, 2.45) is 0 Å². The summed E-state index contributed by atoms with van der Waals surface area (Å²) >= 11 is 0. The van der Waals surface area contributed by atoms with Crippen LogP contribution in [0.4, 0.5) is 38.1 Å². The lowest BCUT2D eigenvalue weighted by Crippen LogP contribution is -2.44. The van der Waals surface area contributed by atoms with Crippen LogP contribution in [0, 0.1) is 0 Å². The summed E-state index contributed by atoms with van der Waals surface area (Å²) in [5.41, 5.74) is 1.20. The first kappa shape index (κ1) is 28.5. The fraction of sp³-hybridized carbons (Fsp3) is 0.591. The quantitative estimate of drug-likeness (QED) is 0.462. The van der Waals surface area contributed by atoms with Gasteiger partial charge in [-0.2, -0.15) is 31.3 Å². The van der Waals surface area contributed by atoms with Gasteiger partial charge in [-0.05, 0) is 25.8 Å². The summed E-state index contributed by atoms with van der Waals surface area (Å²) < 4.78 is 82.2. The van der Waals surface area contributed by atoms with E-state index < -0.39 is 35.9 Å². The predicted molar refractivity (Wildman–Crippen MR) is 122 cm³/mol. The monoisotopic (exact) mass is 565 g/mol. The minimum absolute atomic E-state index is 0.0345. The molecule has 0 aliphatic carbocycles. The number of halogens is 6. The van der Waals surface area contributed by atoms with Gasteiger partial charge in [0.2, 0.25) is 11.8 Å². The fourth-order valence-electron chi connectivity index (χ4n) is 4.17. The van der Waals surface area contributed by atoms with Gasteiger partial charge in [-0.3, -0.25) is 0 Å². The van der Waals surface area contributed by atoms with Crippen molar-refractivity contribution in [2.45, 2.75) is 50.3 Å². The molecule has 0 radical (unpaired) electrons. The lowest BCUT2D eigenvalue weighted by molar-refractivity contribution is -0.192. The molecule has 214 valence electrons. The fourth-order valence-corrected chi connectivity index (χ4v) is 4.17. The van der Waals surface area contributed by atoms with E-state index in [9.17, 15) is 26.3 Å². The van der Waals surface area contributed by atoms with E-state index >= 15 is 0 Å². The highest BCUT2D eigenvalue weighted by Gasteiger charge is 2.39. The third-order valence-corrected chi connectivity index (χ3v) is 6.10. The predicted octanol–water partition coefficient (Wildman–Crippen LogP) is 2.42. The average Bonchev–Trinajstić information content (AvgIpc) is 2.85. The Bertz CT molecular complexity index is 1160. The van der Waals surface area contributed by atoms with Gasteiger partial charge in [-0.25, -0.2) is 19.7 Å². The van der Waals surface area contributed by atoms with Crippen LogP contribution in [-0.2, 0) is 28.7 Å². The number of carboxylic acids is 1. The molecule has 0 aromatic carbocycles. The summed E-state index contributed by atoms with van der Waals surface area (Å²) in [5, 5.41) is 13.6. The van der Waals surface area contributed by atoms with Gasteiger partial charge < -0.3 is 30.1 Å². The summed E-state index contributed by atoms with van der Waals surface area (Å²) in [6.45, 7) is 3.62. The molecule has 2 aromatic heterocycles. The molecule has 0 bridgehead atoms. The second kappa shape index (κ2) is 11.7. The number of nitrogens with one attached hydrogen (secondary N) is 2. The maximum Gasteiger partial charge on any atom is 0.490 e. The lowest BCUT2D eigenvalue weighted by atomic mass is 10.0. The van der Waals surface area contributed by atoms with E-state index in [1.54, 1.807) is 6.33 Å². The van der Waals surface area contributed by atoms with Gasteiger partial charge in [0.25, 0.3) is 0 Å². The average molecular weight is 565 g/mol. The number of anilines is 2. The van der Waals surface area contributed by atoms with Crippen LogP contribution in [0.3, 0.4) is 0 Å². The summed E-state index contributed by atoms with van der Waals surface area (Å²) in [4.78, 5) is 28.0. The Morgan fingerprint density at radius 3 is 2.56 bits per heavy atom. The first-order valence-corrected chi connectivity index (χ1v) is 12.0. The second-order valence-corrected chi connectivity index (χ2v) is 8.97. The van der Waals surface area contributed by atoms with Gasteiger partial charge >= 0.3 is 18.3 Å². The van der Waals surface area contributed by atoms with E-state index in [1.807, 2.05) is 0 Å². The molecule has 17 heteroatoms. The number of hydrogen-bond acceptors (Lipinski definition) is 10. The molecule has 3 N–H and O–H groups in total. The van der Waals surface area contributed by atoms with Crippen LogP contribution in [-0.4, -0.2) is 82.2 Å². The maximum absolute atomic E-state index is 13.4. The summed E-state index contributed by atoms with van der Waals surface area (Å²) in [5.74, 6) is -2.17. The number of aromatic nitrogens is 4. The molecule has 3 aliphatic rings. The largest absolute Gasteiger partial charge is 0.490 e. The Kier molecular flexibility index (Phi) is 8.58. The van der Waals surface area contributed by atoms with E-state index in [-0.39, 0.29) is 25.2 Å². The number of carbonyl (C=O) groups is 1. The van der Waals surface area contributed by atoms with Crippen molar-refractivity contribution in [2.75, 3.05) is 43.1 Å². The lowest BCUT2D eigenvalue weighted by Gasteiger charge is -2.35. The third kappa shape index (κ3) is 7.35. The molecule has 5 rings (SSSR count). The first-order chi connectivity index (χ1) is 18.4. The maximum atomic E-state index is 13.4. The van der Waals surface area contributed by atoms with Gasteiger partial charge in [-0.15, -0.1) is 0 Å². The topological polar surface area (TPSA) is 135 Å². The Balaban J connectivity index is 0.000000448. The summed E-state index contributed by atoms with van der Waals surface area (Å²) in [7, 11) is 0. The highest BCUT2D eigenvalue weighted by molar-refractivity contribution is 5.73. The molecule has 39 heavy (non-hydrogen) atoms. The van der Waals surface area contributed by atoms with Crippen molar-refractivity contribution in [1.82, 2.24) is 25.3 Å². The standard InChI is InChI=1S/C20H24F3N7O2.C2HF3O2/c21-20(22,23)15-6-25-19(29-18(15)32-13-9-31-10-13)28-12-2-1-5-30(8-12)17-14-3-4-24-7-16(14)26-11-27-17;3-2(4,5)1(6)7/h6,11-13,24H,1-5,7-10H2,(H,25,28,29);(H,6,7)/t12-;/m1./s1. The number of nitrogens with zero attached hydrogens (tertiary/aromatic N) is 5. The number of hydrogen-bond donors (Lipinski definition) is 3. The van der Waals surface area contributed by atoms with Crippen LogP contribution in [0.25, 0.3) is 0 Å². The van der Waals surface area contributed by atoms with Crippen LogP contribution in [0.15, 0.2) is 12.5 Å². The van der Waals surface area contributed by atoms with Gasteiger partial charge in [0.05, 0.1) is 18.9 Å². The van der Waals surface area contributed by atoms with Crippen LogP contribution in [0.1, 0.15) is 29.7 Å². The van der Waals surface area contributed by atoms with Crippen molar-refractivity contribution in [3.63, 3.8) is 0 Å². The zero-order valence-corrected chi connectivity index (χ0v) is 20.3. The molecule has 2 aromatic rings. The van der Waals surface area contributed by atoms with E-state index in [0.29, 0.717) is 6.54 Å². The van der Waals surface area contributed by atoms with E-state index in [2.05, 4.69) is 35.5 Å². The van der Waals surface area contributed by atoms with Crippen molar-refractivity contribution >= 4 is 17.7 Å². The van der Waals surface area contributed by atoms with Gasteiger partial charge in [0, 0.05) is 37.4 Å². The van der Waals surface area contributed by atoms with E-state index in [1.165, 1.54) is 0 Å². The molecular formula is C22H25F6N7O4. The summed E-state index contributed by atoms with van der Waals surface area (Å²) in [6, 6.07) is -0.0345. The molecule has 1 atom stereocenters. The zero-order valence-electron chi connectivity index (χ0n) is 20.3. The van der Waals surface area contributed by atoms with Crippen LogP contribution >= 0.6 is 0 Å². The Morgan fingerprint density at radius 1 is 1.18 bits per heavy atom. The molecule has 2 saturated heterocycles. The molecule has 0 unspecified atom stereocenters. The van der Waals surface area contributed by atoms with Crippen molar-refractivity contribution in [3.8, 4) is 5.88 Å². The second-order valence-electron chi connectivity index (χ2n) is 8.97. The number of carboxylic acid groups (broad SMARTS) is 1. The highest BCUT2D eigenvalue weighted by atomic mass is 19.4. The normalized spacial score (nSPS) is 19.7. The van der Waals surface area contributed by atoms with Gasteiger partial charge in [-0.1, -0.05) is 0 Å². The molecule has 0 spiro atoms. The molecule has 0 saturated carbocycles. The minimum Gasteiger partial charge on any atom is -0.475 e. The molecule has 2 fully saturated rings.